The molecule has 0 saturated carbocycles. The molecule has 0 aliphatic carbocycles. The topological polar surface area (TPSA) is 34.1 Å². The number of hydrogen-bond acceptors (Lipinski definition) is 4. The van der Waals surface area contributed by atoms with Crippen LogP contribution in [0.1, 0.15) is 24.2 Å². The van der Waals surface area contributed by atoms with Crippen molar-refractivity contribution >= 4 is 11.3 Å². The van der Waals surface area contributed by atoms with Crippen LogP contribution < -0.4 is 10.1 Å². The average molecular weight is 280 g/mol. The third kappa shape index (κ3) is 3.75. The van der Waals surface area contributed by atoms with E-state index in [9.17, 15) is 4.39 Å². The zero-order valence-corrected chi connectivity index (χ0v) is 11.8. The van der Waals surface area contributed by atoms with Crippen LogP contribution in [0.2, 0.25) is 0 Å². The predicted molar refractivity (Wildman–Crippen MR) is 75.2 cm³/mol. The number of thiazole rings is 1. The van der Waals surface area contributed by atoms with Gasteiger partial charge < -0.3 is 10.1 Å². The van der Waals surface area contributed by atoms with E-state index in [2.05, 4.69) is 10.3 Å². The quantitative estimate of drug-likeness (QED) is 0.882. The fourth-order valence-corrected chi connectivity index (χ4v) is 2.44. The summed E-state index contributed by atoms with van der Waals surface area (Å²) in [6, 6.07) is 5.14. The molecule has 2 rings (SSSR count). The van der Waals surface area contributed by atoms with Gasteiger partial charge in [-0.3, -0.25) is 0 Å². The largest absolute Gasteiger partial charge is 0.494 e. The molecule has 0 spiro atoms. The van der Waals surface area contributed by atoms with E-state index >= 15 is 0 Å². The van der Waals surface area contributed by atoms with Crippen LogP contribution in [0.25, 0.3) is 0 Å². The highest BCUT2D eigenvalue weighted by atomic mass is 32.1. The summed E-state index contributed by atoms with van der Waals surface area (Å²) in [6.07, 6.45) is 0.881. The second-order valence-electron chi connectivity index (χ2n) is 4.30. The Balaban J connectivity index is 1.88. The normalized spacial score (nSPS) is 12.4. The molecule has 1 aromatic heterocycles. The van der Waals surface area contributed by atoms with Crippen LogP contribution in [0.15, 0.2) is 29.1 Å². The number of methoxy groups -OCH3 is 1. The minimum absolute atomic E-state index is 0.0963. The number of nitrogens with zero attached hydrogens (tertiary/aromatic N) is 1. The van der Waals surface area contributed by atoms with E-state index < -0.39 is 0 Å². The Bertz CT molecular complexity index is 516. The Morgan fingerprint density at radius 1 is 1.47 bits per heavy atom. The highest BCUT2D eigenvalue weighted by Gasteiger charge is 2.09. The molecule has 1 N–H and O–H groups in total. The van der Waals surface area contributed by atoms with Crippen LogP contribution in [0.3, 0.4) is 0 Å². The van der Waals surface area contributed by atoms with Gasteiger partial charge in [0.05, 0.1) is 18.3 Å². The zero-order valence-electron chi connectivity index (χ0n) is 11.0. The van der Waals surface area contributed by atoms with Gasteiger partial charge in [0, 0.05) is 24.4 Å². The highest BCUT2D eigenvalue weighted by molar-refractivity contribution is 7.07. The van der Waals surface area contributed by atoms with Crippen LogP contribution in [-0.4, -0.2) is 18.6 Å². The SMILES string of the molecule is COc1ccc(C(C)NCCc2cscn2)cc1F. The van der Waals surface area contributed by atoms with Crippen molar-refractivity contribution in [3.8, 4) is 5.75 Å². The molecule has 5 heteroatoms. The molecular formula is C14H17FN2OS. The van der Waals surface area contributed by atoms with Crippen LogP contribution in [0, 0.1) is 5.82 Å². The van der Waals surface area contributed by atoms with Crippen LogP contribution in [-0.2, 0) is 6.42 Å². The van der Waals surface area contributed by atoms with Gasteiger partial charge in [-0.05, 0) is 24.6 Å². The number of aromatic nitrogens is 1. The molecule has 0 amide bonds. The van der Waals surface area contributed by atoms with Crippen molar-refractivity contribution in [2.24, 2.45) is 0 Å². The molecule has 1 unspecified atom stereocenters. The van der Waals surface area contributed by atoms with Crippen molar-refractivity contribution in [1.29, 1.82) is 0 Å². The van der Waals surface area contributed by atoms with Crippen molar-refractivity contribution < 1.29 is 9.13 Å². The lowest BCUT2D eigenvalue weighted by Gasteiger charge is -2.14. The summed E-state index contributed by atoms with van der Waals surface area (Å²) in [4.78, 5) is 4.22. The second kappa shape index (κ2) is 6.63. The number of benzene rings is 1. The van der Waals surface area contributed by atoms with Gasteiger partial charge in [0.1, 0.15) is 0 Å². The van der Waals surface area contributed by atoms with Crippen LogP contribution in [0.4, 0.5) is 4.39 Å². The Morgan fingerprint density at radius 2 is 2.32 bits per heavy atom. The Kier molecular flexibility index (Phi) is 4.87. The maximum atomic E-state index is 13.6. The molecule has 0 saturated heterocycles. The van der Waals surface area contributed by atoms with E-state index in [1.807, 2.05) is 23.9 Å². The molecule has 1 aromatic carbocycles. The molecule has 1 atom stereocenters. The van der Waals surface area contributed by atoms with Crippen molar-refractivity contribution in [2.45, 2.75) is 19.4 Å². The van der Waals surface area contributed by atoms with Crippen molar-refractivity contribution in [2.75, 3.05) is 13.7 Å². The predicted octanol–water partition coefficient (Wildman–Crippen LogP) is 3.18. The summed E-state index contributed by atoms with van der Waals surface area (Å²) in [5.41, 5.74) is 3.83. The maximum Gasteiger partial charge on any atom is 0.165 e. The Labute approximate surface area is 116 Å². The average Bonchev–Trinajstić information content (AvgIpc) is 2.91. The van der Waals surface area contributed by atoms with Gasteiger partial charge in [-0.25, -0.2) is 9.37 Å². The minimum Gasteiger partial charge on any atom is -0.494 e. The van der Waals surface area contributed by atoms with Crippen molar-refractivity contribution in [3.05, 3.63) is 46.2 Å². The number of halogens is 1. The van der Waals surface area contributed by atoms with Crippen molar-refractivity contribution in [3.63, 3.8) is 0 Å². The number of nitrogens with one attached hydrogen (secondary N) is 1. The van der Waals surface area contributed by atoms with E-state index in [4.69, 9.17) is 4.74 Å². The summed E-state index contributed by atoms with van der Waals surface area (Å²) >= 11 is 1.60. The van der Waals surface area contributed by atoms with E-state index in [0.717, 1.165) is 24.2 Å². The number of rotatable bonds is 6. The molecule has 0 fully saturated rings. The van der Waals surface area contributed by atoms with Crippen LogP contribution >= 0.6 is 11.3 Å². The first kappa shape index (κ1) is 14.0. The molecule has 0 radical (unpaired) electrons. The van der Waals surface area contributed by atoms with Gasteiger partial charge in [-0.15, -0.1) is 11.3 Å². The molecule has 2 aromatic rings. The summed E-state index contributed by atoms with van der Waals surface area (Å²) in [5.74, 6) is -0.0495. The molecular weight excluding hydrogens is 263 g/mol. The first-order valence-electron chi connectivity index (χ1n) is 6.14. The third-order valence-electron chi connectivity index (χ3n) is 2.99. The molecule has 0 aliphatic heterocycles. The van der Waals surface area contributed by atoms with E-state index in [0.29, 0.717) is 0 Å². The molecule has 1 heterocycles. The zero-order chi connectivity index (χ0) is 13.7. The van der Waals surface area contributed by atoms with Gasteiger partial charge in [0.25, 0.3) is 0 Å². The lowest BCUT2D eigenvalue weighted by atomic mass is 10.1. The summed E-state index contributed by atoms with van der Waals surface area (Å²) < 4.78 is 18.5. The van der Waals surface area contributed by atoms with Gasteiger partial charge in [0.15, 0.2) is 11.6 Å². The standard InChI is InChI=1S/C14H17FN2OS/c1-10(16-6-5-12-8-19-9-17-12)11-3-4-14(18-2)13(15)7-11/h3-4,7-10,16H,5-6H2,1-2H3. The molecule has 0 bridgehead atoms. The van der Waals surface area contributed by atoms with Crippen molar-refractivity contribution in [1.82, 2.24) is 10.3 Å². The third-order valence-corrected chi connectivity index (χ3v) is 3.63. The Hall–Kier alpha value is -1.46. The first-order valence-corrected chi connectivity index (χ1v) is 7.09. The Morgan fingerprint density at radius 3 is 2.95 bits per heavy atom. The first-order chi connectivity index (χ1) is 9.20. The van der Waals surface area contributed by atoms with E-state index in [1.54, 1.807) is 17.4 Å². The summed E-state index contributed by atoms with van der Waals surface area (Å²) in [7, 11) is 1.47. The van der Waals surface area contributed by atoms with E-state index in [-0.39, 0.29) is 17.6 Å². The summed E-state index contributed by atoms with van der Waals surface area (Å²) in [5, 5.41) is 5.40. The fraction of sp³-hybridized carbons (Fsp3) is 0.357. The smallest absolute Gasteiger partial charge is 0.165 e. The minimum atomic E-state index is -0.326. The lowest BCUT2D eigenvalue weighted by Crippen LogP contribution is -2.21. The number of ether oxygens (including phenoxy) is 1. The van der Waals surface area contributed by atoms with E-state index in [1.165, 1.54) is 13.2 Å². The fourth-order valence-electron chi connectivity index (χ4n) is 1.85. The highest BCUT2D eigenvalue weighted by Crippen LogP contribution is 2.21. The molecule has 102 valence electrons. The van der Waals surface area contributed by atoms with Gasteiger partial charge in [0.2, 0.25) is 0 Å². The maximum absolute atomic E-state index is 13.6. The monoisotopic (exact) mass is 280 g/mol. The lowest BCUT2D eigenvalue weighted by molar-refractivity contribution is 0.385. The van der Waals surface area contributed by atoms with Gasteiger partial charge >= 0.3 is 0 Å². The second-order valence-corrected chi connectivity index (χ2v) is 5.02. The van der Waals surface area contributed by atoms with Gasteiger partial charge in [-0.1, -0.05) is 6.07 Å². The summed E-state index contributed by atoms with van der Waals surface area (Å²) in [6.45, 7) is 2.83. The molecule has 19 heavy (non-hydrogen) atoms. The van der Waals surface area contributed by atoms with Crippen LogP contribution in [0.5, 0.6) is 5.75 Å². The molecule has 0 aliphatic rings. The number of hydrogen-bond donors (Lipinski definition) is 1. The molecule has 3 nitrogen and oxygen atoms in total. The van der Waals surface area contributed by atoms with Gasteiger partial charge in [-0.2, -0.15) is 0 Å².